The van der Waals surface area contributed by atoms with Crippen LogP contribution in [0.2, 0.25) is 0 Å². The Morgan fingerprint density at radius 1 is 1.53 bits per heavy atom. The highest BCUT2D eigenvalue weighted by Gasteiger charge is 2.50. The molecule has 4 nitrogen and oxygen atoms in total. The summed E-state index contributed by atoms with van der Waals surface area (Å²) < 4.78 is 10.6. The largest absolute Gasteiger partial charge is 0.444 e. The Balaban J connectivity index is 1.75. The van der Waals surface area contributed by atoms with Gasteiger partial charge in [0.05, 0.1) is 12.2 Å². The van der Waals surface area contributed by atoms with Gasteiger partial charge < -0.3 is 14.8 Å². The van der Waals surface area contributed by atoms with Crippen LogP contribution >= 0.6 is 0 Å². The number of carbonyl (C=O) groups excluding carboxylic acids is 1. The number of carbonyl (C=O) groups is 1. The van der Waals surface area contributed by atoms with Gasteiger partial charge >= 0.3 is 6.09 Å². The van der Waals surface area contributed by atoms with Crippen molar-refractivity contribution >= 4 is 6.09 Å². The van der Waals surface area contributed by atoms with Crippen LogP contribution in [0.4, 0.5) is 4.79 Å². The Labute approximate surface area is 90.3 Å². The van der Waals surface area contributed by atoms with Crippen molar-refractivity contribution in [2.24, 2.45) is 0 Å². The van der Waals surface area contributed by atoms with Crippen molar-refractivity contribution < 1.29 is 14.3 Å². The molecule has 2 fully saturated rings. The maximum atomic E-state index is 11.5. The van der Waals surface area contributed by atoms with E-state index < -0.39 is 5.60 Å². The average molecular weight is 213 g/mol. The van der Waals surface area contributed by atoms with Crippen molar-refractivity contribution in [3.8, 4) is 0 Å². The third kappa shape index (κ3) is 2.84. The molecule has 0 aromatic carbocycles. The first-order valence-corrected chi connectivity index (χ1v) is 5.52. The van der Waals surface area contributed by atoms with E-state index in [1.54, 1.807) is 0 Å². The molecule has 2 atom stereocenters. The van der Waals surface area contributed by atoms with Crippen LogP contribution in [0.25, 0.3) is 0 Å². The normalized spacial score (nSPS) is 34.2. The van der Waals surface area contributed by atoms with E-state index in [4.69, 9.17) is 9.47 Å². The number of alkyl carbamates (subject to hydrolysis) is 1. The van der Waals surface area contributed by atoms with E-state index in [0.717, 1.165) is 25.9 Å². The molecule has 1 heterocycles. The van der Waals surface area contributed by atoms with Crippen molar-refractivity contribution in [3.05, 3.63) is 0 Å². The molecule has 86 valence electrons. The molecule has 1 N–H and O–H groups in total. The predicted octanol–water partition coefficient (Wildman–Crippen LogP) is 1.83. The lowest BCUT2D eigenvalue weighted by Crippen LogP contribution is -2.38. The quantitative estimate of drug-likeness (QED) is 0.676. The fourth-order valence-corrected chi connectivity index (χ4v) is 2.05. The Morgan fingerprint density at radius 2 is 2.20 bits per heavy atom. The van der Waals surface area contributed by atoms with Crippen molar-refractivity contribution in [1.29, 1.82) is 0 Å². The zero-order valence-corrected chi connectivity index (χ0v) is 9.63. The SMILES string of the molecule is CC(C)(C)OC(=O)NC1CCC2(CO2)C1. The lowest BCUT2D eigenvalue weighted by Gasteiger charge is -2.21. The van der Waals surface area contributed by atoms with E-state index in [1.807, 2.05) is 20.8 Å². The van der Waals surface area contributed by atoms with E-state index in [9.17, 15) is 4.79 Å². The fraction of sp³-hybridized carbons (Fsp3) is 0.909. The van der Waals surface area contributed by atoms with E-state index in [1.165, 1.54) is 0 Å². The van der Waals surface area contributed by atoms with Gasteiger partial charge in [0.15, 0.2) is 0 Å². The van der Waals surface area contributed by atoms with Crippen LogP contribution in [-0.2, 0) is 9.47 Å². The van der Waals surface area contributed by atoms with Gasteiger partial charge in [-0.15, -0.1) is 0 Å². The highest BCUT2D eigenvalue weighted by molar-refractivity contribution is 5.68. The van der Waals surface area contributed by atoms with Gasteiger partial charge in [-0.1, -0.05) is 0 Å². The third-order valence-corrected chi connectivity index (χ3v) is 2.84. The van der Waals surface area contributed by atoms with Crippen molar-refractivity contribution in [3.63, 3.8) is 0 Å². The Bertz CT molecular complexity index is 265. The maximum Gasteiger partial charge on any atom is 0.407 e. The number of hydrogen-bond acceptors (Lipinski definition) is 3. The van der Waals surface area contributed by atoms with Gasteiger partial charge in [-0.3, -0.25) is 0 Å². The number of amides is 1. The number of ether oxygens (including phenoxy) is 2. The number of epoxide rings is 1. The molecule has 1 saturated heterocycles. The van der Waals surface area contributed by atoms with Gasteiger partial charge in [0, 0.05) is 6.04 Å². The van der Waals surface area contributed by atoms with E-state index in [2.05, 4.69) is 5.32 Å². The topological polar surface area (TPSA) is 50.9 Å². The van der Waals surface area contributed by atoms with Gasteiger partial charge in [0.25, 0.3) is 0 Å². The van der Waals surface area contributed by atoms with Crippen molar-refractivity contribution in [2.45, 2.75) is 57.3 Å². The highest BCUT2D eigenvalue weighted by atomic mass is 16.6. The van der Waals surface area contributed by atoms with Gasteiger partial charge in [0.1, 0.15) is 5.60 Å². The summed E-state index contributed by atoms with van der Waals surface area (Å²) in [6, 6.07) is 0.224. The number of rotatable bonds is 1. The zero-order chi connectivity index (χ0) is 11.1. The van der Waals surface area contributed by atoms with E-state index >= 15 is 0 Å². The van der Waals surface area contributed by atoms with Crippen LogP contribution in [-0.4, -0.2) is 29.9 Å². The average Bonchev–Trinajstić information content (AvgIpc) is 2.65. The summed E-state index contributed by atoms with van der Waals surface area (Å²) in [6.45, 7) is 6.46. The monoisotopic (exact) mass is 213 g/mol. The number of nitrogens with one attached hydrogen (secondary N) is 1. The molecule has 0 bridgehead atoms. The zero-order valence-electron chi connectivity index (χ0n) is 9.63. The molecule has 2 rings (SSSR count). The molecule has 0 radical (unpaired) electrons. The standard InChI is InChI=1S/C11H19NO3/c1-10(2,3)15-9(13)12-8-4-5-11(6-8)7-14-11/h8H,4-7H2,1-3H3,(H,12,13). The van der Waals surface area contributed by atoms with E-state index in [0.29, 0.717) is 0 Å². The summed E-state index contributed by atoms with van der Waals surface area (Å²) in [6.07, 6.45) is 2.68. The molecule has 2 aliphatic rings. The van der Waals surface area contributed by atoms with Crippen LogP contribution in [0, 0.1) is 0 Å². The summed E-state index contributed by atoms with van der Waals surface area (Å²) >= 11 is 0. The van der Waals surface area contributed by atoms with E-state index in [-0.39, 0.29) is 17.7 Å². The smallest absolute Gasteiger partial charge is 0.407 e. The van der Waals surface area contributed by atoms with Gasteiger partial charge in [-0.05, 0) is 40.0 Å². The molecule has 1 aliphatic heterocycles. The summed E-state index contributed by atoms with van der Waals surface area (Å²) in [7, 11) is 0. The molecule has 0 aromatic rings. The summed E-state index contributed by atoms with van der Waals surface area (Å²) in [5.41, 5.74) is -0.309. The van der Waals surface area contributed by atoms with Gasteiger partial charge in [0.2, 0.25) is 0 Å². The van der Waals surface area contributed by atoms with Crippen molar-refractivity contribution in [1.82, 2.24) is 5.32 Å². The first-order valence-electron chi connectivity index (χ1n) is 5.52. The second-order valence-corrected chi connectivity index (χ2v) is 5.56. The first-order chi connectivity index (χ1) is 6.89. The number of hydrogen-bond donors (Lipinski definition) is 1. The minimum atomic E-state index is -0.420. The van der Waals surface area contributed by atoms with Gasteiger partial charge in [-0.25, -0.2) is 4.79 Å². The minimum Gasteiger partial charge on any atom is -0.444 e. The molecule has 1 amide bonds. The molecule has 0 aromatic heterocycles. The maximum absolute atomic E-state index is 11.5. The lowest BCUT2D eigenvalue weighted by molar-refractivity contribution is 0.0504. The van der Waals surface area contributed by atoms with Crippen LogP contribution in [0.15, 0.2) is 0 Å². The predicted molar refractivity (Wildman–Crippen MR) is 55.7 cm³/mol. The molecule has 1 aliphatic carbocycles. The molecule has 1 saturated carbocycles. The molecule has 2 unspecified atom stereocenters. The molecule has 1 spiro atoms. The molecular formula is C11H19NO3. The van der Waals surface area contributed by atoms with Gasteiger partial charge in [-0.2, -0.15) is 0 Å². The highest BCUT2D eigenvalue weighted by Crippen LogP contribution is 2.43. The Kier molecular flexibility index (Phi) is 2.41. The van der Waals surface area contributed by atoms with Crippen LogP contribution in [0.3, 0.4) is 0 Å². The van der Waals surface area contributed by atoms with Crippen LogP contribution < -0.4 is 5.32 Å². The lowest BCUT2D eigenvalue weighted by atomic mass is 10.1. The molecule has 15 heavy (non-hydrogen) atoms. The molecule has 4 heteroatoms. The van der Waals surface area contributed by atoms with Crippen LogP contribution in [0.5, 0.6) is 0 Å². The Morgan fingerprint density at radius 3 is 2.67 bits per heavy atom. The summed E-state index contributed by atoms with van der Waals surface area (Å²) in [5.74, 6) is 0. The second-order valence-electron chi connectivity index (χ2n) is 5.56. The summed E-state index contributed by atoms with van der Waals surface area (Å²) in [5, 5.41) is 2.89. The third-order valence-electron chi connectivity index (χ3n) is 2.84. The fourth-order valence-electron chi connectivity index (χ4n) is 2.05. The van der Waals surface area contributed by atoms with Crippen LogP contribution in [0.1, 0.15) is 40.0 Å². The second kappa shape index (κ2) is 3.37. The first kappa shape index (κ1) is 10.7. The summed E-state index contributed by atoms with van der Waals surface area (Å²) in [4.78, 5) is 11.5. The molecular weight excluding hydrogens is 194 g/mol. The Hall–Kier alpha value is -0.770. The minimum absolute atomic E-state index is 0.111. The van der Waals surface area contributed by atoms with Crippen molar-refractivity contribution in [2.75, 3.05) is 6.61 Å².